The highest BCUT2D eigenvalue weighted by molar-refractivity contribution is 5.82. The molecule has 106 valence electrons. The van der Waals surface area contributed by atoms with E-state index in [2.05, 4.69) is 4.98 Å². The van der Waals surface area contributed by atoms with Crippen molar-refractivity contribution in [1.82, 2.24) is 4.98 Å². The minimum absolute atomic E-state index is 0.340. The second-order valence-electron chi connectivity index (χ2n) is 4.89. The molecule has 4 heteroatoms. The predicted octanol–water partition coefficient (Wildman–Crippen LogP) is 4.06. The molecule has 0 aliphatic heterocycles. The highest BCUT2D eigenvalue weighted by atomic mass is 19.3. The molecule has 0 spiro atoms. The Hall–Kier alpha value is -2.49. The van der Waals surface area contributed by atoms with Crippen molar-refractivity contribution >= 4 is 10.9 Å². The Labute approximate surface area is 120 Å². The van der Waals surface area contributed by atoms with E-state index in [-0.39, 0.29) is 11.1 Å². The van der Waals surface area contributed by atoms with E-state index in [4.69, 9.17) is 0 Å². The average Bonchev–Trinajstić information content (AvgIpc) is 2.49. The van der Waals surface area contributed by atoms with E-state index in [1.807, 2.05) is 36.4 Å². The summed E-state index contributed by atoms with van der Waals surface area (Å²) in [5.41, 5.74) is 1.66. The van der Waals surface area contributed by atoms with Crippen LogP contribution in [0.15, 0.2) is 59.4 Å². The molecule has 2 aromatic carbocycles. The van der Waals surface area contributed by atoms with Crippen LogP contribution < -0.4 is 5.43 Å². The van der Waals surface area contributed by atoms with Gasteiger partial charge in [0.15, 0.2) is 5.43 Å². The number of para-hydroxylation sites is 1. The van der Waals surface area contributed by atoms with Crippen LogP contribution in [0.1, 0.15) is 23.2 Å². The highest BCUT2D eigenvalue weighted by Gasteiger charge is 2.12. The number of H-pyrrole nitrogens is 1. The van der Waals surface area contributed by atoms with Gasteiger partial charge in [-0.05, 0) is 23.6 Å². The molecule has 0 aliphatic rings. The van der Waals surface area contributed by atoms with Gasteiger partial charge < -0.3 is 4.98 Å². The summed E-state index contributed by atoms with van der Waals surface area (Å²) in [6, 6.07) is 15.9. The maximum Gasteiger partial charge on any atom is 0.278 e. The number of fused-ring (bicyclic) bond motifs is 1. The van der Waals surface area contributed by atoms with E-state index in [0.29, 0.717) is 17.3 Å². The van der Waals surface area contributed by atoms with Crippen LogP contribution in [0.2, 0.25) is 0 Å². The van der Waals surface area contributed by atoms with Crippen molar-refractivity contribution in [3.8, 4) is 0 Å². The Kier molecular flexibility index (Phi) is 3.52. The molecule has 0 amide bonds. The molecule has 3 rings (SSSR count). The monoisotopic (exact) mass is 285 g/mol. The molecular formula is C17H13F2NO. The molecule has 21 heavy (non-hydrogen) atoms. The van der Waals surface area contributed by atoms with Gasteiger partial charge >= 0.3 is 0 Å². The highest BCUT2D eigenvalue weighted by Crippen LogP contribution is 2.21. The molecule has 0 unspecified atom stereocenters. The van der Waals surface area contributed by atoms with Gasteiger partial charge in [0.2, 0.25) is 0 Å². The molecule has 0 bridgehead atoms. The summed E-state index contributed by atoms with van der Waals surface area (Å²) >= 11 is 0. The Morgan fingerprint density at radius 1 is 1.00 bits per heavy atom. The lowest BCUT2D eigenvalue weighted by atomic mass is 10.0. The van der Waals surface area contributed by atoms with Crippen molar-refractivity contribution < 1.29 is 8.78 Å². The lowest BCUT2D eigenvalue weighted by Gasteiger charge is -2.09. The van der Waals surface area contributed by atoms with Crippen molar-refractivity contribution in [2.75, 3.05) is 0 Å². The predicted molar refractivity (Wildman–Crippen MR) is 78.8 cm³/mol. The number of rotatable bonds is 3. The third-order valence-electron chi connectivity index (χ3n) is 3.44. The SMILES string of the molecule is O=c1cc(C(F)F)[nH]c2c(Cc3ccccc3)cccc12. The summed E-state index contributed by atoms with van der Waals surface area (Å²) < 4.78 is 25.7. The first-order valence-electron chi connectivity index (χ1n) is 6.62. The summed E-state index contributed by atoms with van der Waals surface area (Å²) in [6.45, 7) is 0. The molecule has 0 radical (unpaired) electrons. The standard InChI is InChI=1S/C17H13F2NO/c18-17(19)14-10-15(21)13-8-4-7-12(16(13)20-14)9-11-5-2-1-3-6-11/h1-8,10,17H,9H2,(H,20,21). The topological polar surface area (TPSA) is 32.9 Å². The van der Waals surface area contributed by atoms with Crippen molar-refractivity contribution in [3.05, 3.63) is 81.6 Å². The van der Waals surface area contributed by atoms with Gasteiger partial charge in [-0.2, -0.15) is 0 Å². The molecule has 0 saturated carbocycles. The third-order valence-corrected chi connectivity index (χ3v) is 3.44. The molecule has 2 nitrogen and oxygen atoms in total. The molecule has 1 heterocycles. The lowest BCUT2D eigenvalue weighted by molar-refractivity contribution is 0.146. The summed E-state index contributed by atoms with van der Waals surface area (Å²) in [5.74, 6) is 0. The van der Waals surface area contributed by atoms with E-state index in [9.17, 15) is 13.6 Å². The van der Waals surface area contributed by atoms with Gasteiger partial charge in [-0.1, -0.05) is 42.5 Å². The molecule has 0 fully saturated rings. The summed E-state index contributed by atoms with van der Waals surface area (Å²) in [6.07, 6.45) is -2.10. The Balaban J connectivity index is 2.16. The fourth-order valence-corrected chi connectivity index (χ4v) is 2.43. The van der Waals surface area contributed by atoms with Crippen LogP contribution in [0.3, 0.4) is 0 Å². The summed E-state index contributed by atoms with van der Waals surface area (Å²) in [7, 11) is 0. The van der Waals surface area contributed by atoms with Crippen molar-refractivity contribution in [1.29, 1.82) is 0 Å². The second kappa shape index (κ2) is 5.48. The zero-order chi connectivity index (χ0) is 14.8. The summed E-state index contributed by atoms with van der Waals surface area (Å²) in [4.78, 5) is 14.7. The molecule has 0 saturated heterocycles. The maximum atomic E-state index is 12.9. The smallest absolute Gasteiger partial charge is 0.278 e. The lowest BCUT2D eigenvalue weighted by Crippen LogP contribution is -2.07. The molecular weight excluding hydrogens is 272 g/mol. The second-order valence-corrected chi connectivity index (χ2v) is 4.89. The van der Waals surface area contributed by atoms with Gasteiger partial charge in [0.05, 0.1) is 11.2 Å². The molecule has 1 N–H and O–H groups in total. The first-order chi connectivity index (χ1) is 10.1. The Morgan fingerprint density at radius 2 is 1.76 bits per heavy atom. The number of hydrogen-bond donors (Lipinski definition) is 1. The first kappa shape index (κ1) is 13.5. The number of alkyl halides is 2. The van der Waals surface area contributed by atoms with Crippen molar-refractivity contribution in [2.45, 2.75) is 12.8 Å². The van der Waals surface area contributed by atoms with Gasteiger partial charge in [0, 0.05) is 11.5 Å². The number of pyridine rings is 1. The van der Waals surface area contributed by atoms with Gasteiger partial charge in [-0.25, -0.2) is 8.78 Å². The van der Waals surface area contributed by atoms with Gasteiger partial charge in [-0.15, -0.1) is 0 Å². The number of nitrogens with one attached hydrogen (secondary N) is 1. The summed E-state index contributed by atoms with van der Waals surface area (Å²) in [5, 5.41) is 0.438. The average molecular weight is 285 g/mol. The zero-order valence-corrected chi connectivity index (χ0v) is 11.1. The number of aromatic nitrogens is 1. The van der Waals surface area contributed by atoms with Crippen LogP contribution in [0.25, 0.3) is 10.9 Å². The molecule has 1 aromatic heterocycles. The maximum absolute atomic E-state index is 12.9. The van der Waals surface area contributed by atoms with E-state index in [0.717, 1.165) is 17.2 Å². The molecule has 0 aliphatic carbocycles. The quantitative estimate of drug-likeness (QED) is 0.773. The number of halogens is 2. The number of aromatic amines is 1. The van der Waals surface area contributed by atoms with Crippen molar-refractivity contribution in [3.63, 3.8) is 0 Å². The first-order valence-corrected chi connectivity index (χ1v) is 6.62. The van der Waals surface area contributed by atoms with Crippen LogP contribution in [-0.4, -0.2) is 4.98 Å². The van der Waals surface area contributed by atoms with Crippen LogP contribution in [-0.2, 0) is 6.42 Å². The van der Waals surface area contributed by atoms with Crippen LogP contribution in [0, 0.1) is 0 Å². The van der Waals surface area contributed by atoms with Gasteiger partial charge in [0.1, 0.15) is 0 Å². The van der Waals surface area contributed by atoms with Crippen LogP contribution in [0.5, 0.6) is 0 Å². The van der Waals surface area contributed by atoms with E-state index in [1.165, 1.54) is 0 Å². The Morgan fingerprint density at radius 3 is 2.48 bits per heavy atom. The van der Waals surface area contributed by atoms with E-state index >= 15 is 0 Å². The fraction of sp³-hybridized carbons (Fsp3) is 0.118. The number of benzene rings is 2. The van der Waals surface area contributed by atoms with Gasteiger partial charge in [0.25, 0.3) is 6.43 Å². The molecule has 3 aromatic rings. The third kappa shape index (κ3) is 2.70. The van der Waals surface area contributed by atoms with Crippen molar-refractivity contribution in [2.24, 2.45) is 0 Å². The van der Waals surface area contributed by atoms with Gasteiger partial charge in [-0.3, -0.25) is 4.79 Å². The fourth-order valence-electron chi connectivity index (χ4n) is 2.43. The zero-order valence-electron chi connectivity index (χ0n) is 11.1. The normalized spacial score (nSPS) is 11.2. The number of hydrogen-bond acceptors (Lipinski definition) is 1. The minimum atomic E-state index is -2.69. The Bertz CT molecular complexity index is 825. The molecule has 0 atom stereocenters. The van der Waals surface area contributed by atoms with Crippen LogP contribution >= 0.6 is 0 Å². The minimum Gasteiger partial charge on any atom is -0.353 e. The van der Waals surface area contributed by atoms with E-state index < -0.39 is 6.43 Å². The van der Waals surface area contributed by atoms with E-state index in [1.54, 1.807) is 12.1 Å². The largest absolute Gasteiger partial charge is 0.353 e. The van der Waals surface area contributed by atoms with Crippen LogP contribution in [0.4, 0.5) is 8.78 Å².